The zero-order valence-electron chi connectivity index (χ0n) is 29.3. The minimum absolute atomic E-state index is 0.854. The van der Waals surface area contributed by atoms with Crippen LogP contribution < -0.4 is 0 Å². The van der Waals surface area contributed by atoms with E-state index < -0.39 is 0 Å². The van der Waals surface area contributed by atoms with E-state index in [-0.39, 0.29) is 0 Å². The second-order valence-corrected chi connectivity index (χ2v) is 14.0. The summed E-state index contributed by atoms with van der Waals surface area (Å²) >= 11 is 0. The van der Waals surface area contributed by atoms with Crippen LogP contribution in [0.4, 0.5) is 0 Å². The molecule has 3 nitrogen and oxygen atoms in total. The predicted octanol–water partition coefficient (Wildman–Crippen LogP) is 13.9. The zero-order valence-corrected chi connectivity index (χ0v) is 29.3. The van der Waals surface area contributed by atoms with Crippen molar-refractivity contribution >= 4 is 54.6 Å². The van der Waals surface area contributed by atoms with Gasteiger partial charge >= 0.3 is 0 Å². The summed E-state index contributed by atoms with van der Waals surface area (Å²) in [7, 11) is 0. The first kappa shape index (κ1) is 30.4. The molecule has 0 radical (unpaired) electrons. The third-order valence-corrected chi connectivity index (χ3v) is 10.8. The minimum Gasteiger partial charge on any atom is -0.456 e. The van der Waals surface area contributed by atoms with E-state index in [1.165, 1.54) is 44.2 Å². The Hall–Kier alpha value is -7.23. The lowest BCUT2D eigenvalue weighted by atomic mass is 9.98. The van der Waals surface area contributed by atoms with Crippen molar-refractivity contribution in [3.8, 4) is 50.2 Å². The van der Waals surface area contributed by atoms with Crippen molar-refractivity contribution in [2.75, 3.05) is 0 Å². The fourth-order valence-corrected chi connectivity index (χ4v) is 8.20. The second kappa shape index (κ2) is 12.2. The molecule has 0 atom stereocenters. The van der Waals surface area contributed by atoms with Crippen LogP contribution in [0.2, 0.25) is 0 Å². The van der Waals surface area contributed by atoms with Gasteiger partial charge in [0, 0.05) is 50.4 Å². The molecule has 0 aliphatic heterocycles. The summed E-state index contributed by atoms with van der Waals surface area (Å²) in [6, 6.07) is 67.1. The number of rotatable bonds is 5. The number of furan rings is 1. The van der Waals surface area contributed by atoms with Crippen molar-refractivity contribution in [2.45, 2.75) is 0 Å². The van der Waals surface area contributed by atoms with E-state index in [4.69, 9.17) is 9.40 Å². The second-order valence-electron chi connectivity index (χ2n) is 14.0. The lowest BCUT2D eigenvalue weighted by molar-refractivity contribution is 0.668. The van der Waals surface area contributed by atoms with Crippen LogP contribution in [0.25, 0.3) is 105 Å². The van der Waals surface area contributed by atoms with Crippen LogP contribution in [-0.2, 0) is 0 Å². The molecule has 11 aromatic rings. The molecule has 54 heavy (non-hydrogen) atoms. The number of aromatic nitrogens is 2. The van der Waals surface area contributed by atoms with Crippen molar-refractivity contribution in [3.05, 3.63) is 194 Å². The van der Waals surface area contributed by atoms with Crippen LogP contribution >= 0.6 is 0 Å². The molecule has 3 aromatic heterocycles. The lowest BCUT2D eigenvalue weighted by Crippen LogP contribution is -1.93. The maximum absolute atomic E-state index is 6.66. The van der Waals surface area contributed by atoms with Crippen molar-refractivity contribution in [1.82, 2.24) is 9.55 Å². The van der Waals surface area contributed by atoms with Crippen LogP contribution in [0.5, 0.6) is 0 Å². The number of benzene rings is 8. The SMILES string of the molecule is c1ccc(-c2ccc3ncc(-c4cccc5oc6cc(-n7c8ccc(-c9ccccc9)cc8c8cc(-c9ccccc9)ccc87)ccc6c45)cc3c2)cc1. The highest BCUT2D eigenvalue weighted by Crippen LogP contribution is 2.41. The Kier molecular flexibility index (Phi) is 6.86. The van der Waals surface area contributed by atoms with Crippen LogP contribution in [0.1, 0.15) is 0 Å². The maximum Gasteiger partial charge on any atom is 0.137 e. The summed E-state index contributed by atoms with van der Waals surface area (Å²) in [6.07, 6.45) is 1.98. The number of nitrogens with zero attached hydrogens (tertiary/aromatic N) is 2. The average molecular weight is 689 g/mol. The number of pyridine rings is 1. The molecule has 3 heteroatoms. The molecule has 8 aromatic carbocycles. The van der Waals surface area contributed by atoms with E-state index in [2.05, 4.69) is 193 Å². The highest BCUT2D eigenvalue weighted by atomic mass is 16.3. The summed E-state index contributed by atoms with van der Waals surface area (Å²) in [4.78, 5) is 4.89. The van der Waals surface area contributed by atoms with Crippen LogP contribution in [0.3, 0.4) is 0 Å². The van der Waals surface area contributed by atoms with Crippen molar-refractivity contribution in [1.29, 1.82) is 0 Å². The van der Waals surface area contributed by atoms with Gasteiger partial charge in [-0.1, -0.05) is 121 Å². The molecule has 0 saturated heterocycles. The smallest absolute Gasteiger partial charge is 0.137 e. The first-order chi connectivity index (χ1) is 26.7. The molecular formula is C51H32N2O. The Balaban J connectivity index is 1.07. The average Bonchev–Trinajstić information content (AvgIpc) is 3.79. The largest absolute Gasteiger partial charge is 0.456 e. The van der Waals surface area contributed by atoms with Crippen LogP contribution in [0, 0.1) is 0 Å². The molecule has 0 aliphatic carbocycles. The van der Waals surface area contributed by atoms with E-state index >= 15 is 0 Å². The normalized spacial score (nSPS) is 11.7. The summed E-state index contributed by atoms with van der Waals surface area (Å²) in [5.74, 6) is 0. The van der Waals surface area contributed by atoms with E-state index in [0.29, 0.717) is 0 Å². The van der Waals surface area contributed by atoms with Gasteiger partial charge in [-0.05, 0) is 99.6 Å². The Morgan fingerprint density at radius 3 is 1.59 bits per heavy atom. The predicted molar refractivity (Wildman–Crippen MR) is 225 cm³/mol. The van der Waals surface area contributed by atoms with E-state index in [0.717, 1.165) is 60.7 Å². The van der Waals surface area contributed by atoms with Crippen LogP contribution in [0.15, 0.2) is 199 Å². The number of fused-ring (bicyclic) bond motifs is 7. The molecule has 0 aliphatic rings. The first-order valence-electron chi connectivity index (χ1n) is 18.4. The van der Waals surface area contributed by atoms with Gasteiger partial charge in [-0.2, -0.15) is 0 Å². The van der Waals surface area contributed by atoms with Gasteiger partial charge in [0.2, 0.25) is 0 Å². The lowest BCUT2D eigenvalue weighted by Gasteiger charge is -2.09. The molecule has 0 fully saturated rings. The summed E-state index contributed by atoms with van der Waals surface area (Å²) < 4.78 is 9.04. The molecule has 252 valence electrons. The highest BCUT2D eigenvalue weighted by molar-refractivity contribution is 6.14. The topological polar surface area (TPSA) is 31.0 Å². The molecule has 0 spiro atoms. The Labute approximate surface area is 312 Å². The van der Waals surface area contributed by atoms with Crippen molar-refractivity contribution in [2.24, 2.45) is 0 Å². The maximum atomic E-state index is 6.66. The third kappa shape index (κ3) is 4.94. The monoisotopic (exact) mass is 688 g/mol. The highest BCUT2D eigenvalue weighted by Gasteiger charge is 2.18. The van der Waals surface area contributed by atoms with Gasteiger partial charge < -0.3 is 8.98 Å². The Morgan fingerprint density at radius 1 is 0.389 bits per heavy atom. The molecular weight excluding hydrogens is 657 g/mol. The fourth-order valence-electron chi connectivity index (χ4n) is 8.20. The standard InChI is InChI=1S/C51H32N2O/c1-4-11-33(12-5-1)36-19-24-46-39(27-36)28-40(32-52-46)42-17-10-18-49-51(42)43-23-22-41(31-50(43)54-49)53-47-25-20-37(34-13-6-2-7-14-34)29-44(47)45-30-38(21-26-48(45)53)35-15-8-3-9-16-35/h1-32H. The molecule has 0 bridgehead atoms. The molecule has 11 rings (SSSR count). The van der Waals surface area contributed by atoms with Gasteiger partial charge in [0.1, 0.15) is 11.2 Å². The first-order valence-corrected chi connectivity index (χ1v) is 18.4. The van der Waals surface area contributed by atoms with E-state index in [1.807, 2.05) is 6.20 Å². The van der Waals surface area contributed by atoms with Crippen LogP contribution in [-0.4, -0.2) is 9.55 Å². The van der Waals surface area contributed by atoms with E-state index in [9.17, 15) is 0 Å². The summed E-state index contributed by atoms with van der Waals surface area (Å²) in [5, 5.41) is 5.73. The van der Waals surface area contributed by atoms with Gasteiger partial charge in [0.25, 0.3) is 0 Å². The fraction of sp³-hybridized carbons (Fsp3) is 0. The quantitative estimate of drug-likeness (QED) is 0.180. The Morgan fingerprint density at radius 2 is 0.963 bits per heavy atom. The molecule has 0 unspecified atom stereocenters. The van der Waals surface area contributed by atoms with E-state index in [1.54, 1.807) is 0 Å². The van der Waals surface area contributed by atoms with Gasteiger partial charge in [-0.25, -0.2) is 0 Å². The Bertz CT molecular complexity index is 3100. The van der Waals surface area contributed by atoms with Gasteiger partial charge in [-0.15, -0.1) is 0 Å². The zero-order chi connectivity index (χ0) is 35.6. The number of hydrogen-bond donors (Lipinski definition) is 0. The van der Waals surface area contributed by atoms with Gasteiger partial charge in [-0.3, -0.25) is 4.98 Å². The summed E-state index contributed by atoms with van der Waals surface area (Å²) in [5.41, 5.74) is 15.4. The van der Waals surface area contributed by atoms with Gasteiger partial charge in [0.05, 0.1) is 16.6 Å². The molecule has 0 saturated carbocycles. The summed E-state index contributed by atoms with van der Waals surface area (Å²) in [6.45, 7) is 0. The third-order valence-electron chi connectivity index (χ3n) is 10.8. The molecule has 0 N–H and O–H groups in total. The molecule has 0 amide bonds. The van der Waals surface area contributed by atoms with Gasteiger partial charge in [0.15, 0.2) is 0 Å². The molecule has 3 heterocycles. The van der Waals surface area contributed by atoms with Crippen molar-refractivity contribution < 1.29 is 4.42 Å². The van der Waals surface area contributed by atoms with Crippen molar-refractivity contribution in [3.63, 3.8) is 0 Å². The minimum atomic E-state index is 0.854. The number of hydrogen-bond acceptors (Lipinski definition) is 2.